The number of carbonyl (C=O) groups excluding carboxylic acids is 1. The third-order valence-electron chi connectivity index (χ3n) is 4.35. The van der Waals surface area contributed by atoms with Crippen LogP contribution < -0.4 is 0 Å². The zero-order chi connectivity index (χ0) is 19.4. The molecule has 1 fully saturated rings. The van der Waals surface area contributed by atoms with Crippen LogP contribution in [0.15, 0.2) is 30.5 Å². The number of amides is 1. The predicted molar refractivity (Wildman–Crippen MR) is 94.8 cm³/mol. The van der Waals surface area contributed by atoms with E-state index in [2.05, 4.69) is 10.2 Å². The van der Waals surface area contributed by atoms with Gasteiger partial charge < -0.3 is 14.7 Å². The predicted octanol–water partition coefficient (Wildman–Crippen LogP) is 1.07. The zero-order valence-corrected chi connectivity index (χ0v) is 14.9. The molecule has 8 nitrogen and oxygen atoms in total. The minimum Gasteiger partial charge on any atom is -0.480 e. The van der Waals surface area contributed by atoms with E-state index in [9.17, 15) is 14.0 Å². The van der Waals surface area contributed by atoms with Gasteiger partial charge in [0.2, 0.25) is 0 Å². The van der Waals surface area contributed by atoms with Gasteiger partial charge in [-0.3, -0.25) is 19.6 Å². The summed E-state index contributed by atoms with van der Waals surface area (Å²) in [7, 11) is 1.70. The number of likely N-dealkylation sites (N-methyl/N-ethyl adjacent to an activating group) is 1. The zero-order valence-electron chi connectivity index (χ0n) is 14.9. The lowest BCUT2D eigenvalue weighted by Crippen LogP contribution is -2.49. The summed E-state index contributed by atoms with van der Waals surface area (Å²) in [5, 5.41) is 15.6. The summed E-state index contributed by atoms with van der Waals surface area (Å²) < 4.78 is 18.8. The number of aromatic amines is 1. The summed E-state index contributed by atoms with van der Waals surface area (Å²) in [5.74, 6) is -1.46. The second-order valence-electron chi connectivity index (χ2n) is 6.50. The van der Waals surface area contributed by atoms with Gasteiger partial charge in [-0.15, -0.1) is 0 Å². The number of aromatic nitrogens is 2. The molecule has 0 bridgehead atoms. The Morgan fingerprint density at radius 3 is 2.85 bits per heavy atom. The Kier molecular flexibility index (Phi) is 5.82. The van der Waals surface area contributed by atoms with E-state index in [1.54, 1.807) is 29.0 Å². The van der Waals surface area contributed by atoms with E-state index < -0.39 is 5.97 Å². The topological polar surface area (TPSA) is 98.8 Å². The van der Waals surface area contributed by atoms with Crippen molar-refractivity contribution in [3.63, 3.8) is 0 Å². The van der Waals surface area contributed by atoms with Gasteiger partial charge in [-0.1, -0.05) is 0 Å². The molecule has 1 aliphatic rings. The van der Waals surface area contributed by atoms with Crippen LogP contribution in [-0.4, -0.2) is 82.9 Å². The van der Waals surface area contributed by atoms with E-state index in [0.717, 1.165) is 0 Å². The number of carbonyl (C=O) groups is 2. The van der Waals surface area contributed by atoms with E-state index >= 15 is 0 Å². The molecule has 0 spiro atoms. The Morgan fingerprint density at radius 1 is 1.41 bits per heavy atom. The lowest BCUT2D eigenvalue weighted by Gasteiger charge is -2.34. The highest BCUT2D eigenvalue weighted by Gasteiger charge is 2.28. The second-order valence-corrected chi connectivity index (χ2v) is 6.50. The van der Waals surface area contributed by atoms with Crippen LogP contribution >= 0.6 is 0 Å². The number of aliphatic carboxylic acids is 1. The smallest absolute Gasteiger partial charge is 0.317 e. The molecule has 2 heterocycles. The van der Waals surface area contributed by atoms with Crippen LogP contribution in [-0.2, 0) is 9.53 Å². The number of carboxylic acids is 1. The third kappa shape index (κ3) is 4.69. The van der Waals surface area contributed by atoms with Crippen LogP contribution in [0, 0.1) is 5.82 Å². The molecule has 3 rings (SSSR count). The average Bonchev–Trinajstić information content (AvgIpc) is 3.11. The molecule has 1 aliphatic heterocycles. The standard InChI is InChI=1S/C18H21FN4O4/c1-22(11-16(24)25)9-14-10-23(6-7-27-14)18(26)15-8-20-21-17(15)12-2-4-13(19)5-3-12/h2-5,8,14H,6-7,9-11H2,1H3,(H,20,21)(H,24,25). The quantitative estimate of drug-likeness (QED) is 0.783. The van der Waals surface area contributed by atoms with Crippen LogP contribution in [0.3, 0.4) is 0 Å². The van der Waals surface area contributed by atoms with Crippen molar-refractivity contribution < 1.29 is 23.8 Å². The molecule has 0 saturated carbocycles. The number of rotatable bonds is 6. The first-order valence-electron chi connectivity index (χ1n) is 8.54. The molecule has 144 valence electrons. The molecule has 1 amide bonds. The molecular weight excluding hydrogens is 355 g/mol. The molecule has 1 atom stereocenters. The van der Waals surface area contributed by atoms with E-state index in [1.165, 1.54) is 18.3 Å². The monoisotopic (exact) mass is 376 g/mol. The fraction of sp³-hybridized carbons (Fsp3) is 0.389. The van der Waals surface area contributed by atoms with Gasteiger partial charge >= 0.3 is 5.97 Å². The highest BCUT2D eigenvalue weighted by molar-refractivity contribution is 5.99. The van der Waals surface area contributed by atoms with Gasteiger partial charge in [0.1, 0.15) is 5.82 Å². The van der Waals surface area contributed by atoms with Crippen molar-refractivity contribution >= 4 is 11.9 Å². The van der Waals surface area contributed by atoms with E-state index in [1.807, 2.05) is 0 Å². The minimum atomic E-state index is -0.913. The van der Waals surface area contributed by atoms with Gasteiger partial charge in [-0.2, -0.15) is 5.10 Å². The van der Waals surface area contributed by atoms with Crippen LogP contribution in [0.5, 0.6) is 0 Å². The van der Waals surface area contributed by atoms with Crippen molar-refractivity contribution in [2.75, 3.05) is 39.8 Å². The van der Waals surface area contributed by atoms with Crippen molar-refractivity contribution in [2.24, 2.45) is 0 Å². The van der Waals surface area contributed by atoms with Crippen LogP contribution in [0.25, 0.3) is 11.3 Å². The number of halogens is 1. The van der Waals surface area contributed by atoms with Crippen molar-refractivity contribution in [1.82, 2.24) is 20.0 Å². The van der Waals surface area contributed by atoms with Crippen molar-refractivity contribution in [1.29, 1.82) is 0 Å². The first kappa shape index (κ1) is 19.0. The van der Waals surface area contributed by atoms with Gasteiger partial charge in [0, 0.05) is 25.2 Å². The maximum absolute atomic E-state index is 13.1. The summed E-state index contributed by atoms with van der Waals surface area (Å²) in [4.78, 5) is 27.1. The van der Waals surface area contributed by atoms with Gasteiger partial charge in [-0.05, 0) is 31.3 Å². The van der Waals surface area contributed by atoms with Gasteiger partial charge in [0.05, 0.1) is 36.7 Å². The fourth-order valence-corrected chi connectivity index (χ4v) is 3.11. The Bertz CT molecular complexity index is 808. The molecule has 0 aliphatic carbocycles. The minimum absolute atomic E-state index is 0.0930. The lowest BCUT2D eigenvalue weighted by atomic mass is 10.1. The maximum atomic E-state index is 13.1. The Hall–Kier alpha value is -2.78. The molecule has 1 aromatic heterocycles. The molecule has 1 aromatic carbocycles. The van der Waals surface area contributed by atoms with Crippen LogP contribution in [0.1, 0.15) is 10.4 Å². The molecule has 9 heteroatoms. The molecule has 27 heavy (non-hydrogen) atoms. The SMILES string of the molecule is CN(CC(=O)O)CC1CN(C(=O)c2cn[nH]c2-c2ccc(F)cc2)CCO1. The van der Waals surface area contributed by atoms with Crippen molar-refractivity contribution in [3.05, 3.63) is 41.8 Å². The molecule has 2 N–H and O–H groups in total. The van der Waals surface area contributed by atoms with E-state index in [0.29, 0.717) is 43.1 Å². The summed E-state index contributed by atoms with van der Waals surface area (Å²) in [5.41, 5.74) is 1.61. The van der Waals surface area contributed by atoms with Gasteiger partial charge in [0.15, 0.2) is 0 Å². The van der Waals surface area contributed by atoms with Crippen LogP contribution in [0.2, 0.25) is 0 Å². The second kappa shape index (κ2) is 8.28. The van der Waals surface area contributed by atoms with Crippen molar-refractivity contribution in [2.45, 2.75) is 6.10 Å². The average molecular weight is 376 g/mol. The number of H-pyrrole nitrogens is 1. The molecular formula is C18H21FN4O4. The number of hydrogen-bond acceptors (Lipinski definition) is 5. The number of morpholine rings is 1. The number of nitrogens with one attached hydrogen (secondary N) is 1. The first-order valence-corrected chi connectivity index (χ1v) is 8.54. The first-order chi connectivity index (χ1) is 12.9. The molecule has 2 aromatic rings. The molecule has 0 radical (unpaired) electrons. The number of benzene rings is 1. The number of carboxylic acid groups (broad SMARTS) is 1. The highest BCUT2D eigenvalue weighted by atomic mass is 19.1. The van der Waals surface area contributed by atoms with E-state index in [4.69, 9.17) is 9.84 Å². The van der Waals surface area contributed by atoms with Gasteiger partial charge in [0.25, 0.3) is 5.91 Å². The summed E-state index contributed by atoms with van der Waals surface area (Å²) in [6.45, 7) is 1.49. The Morgan fingerprint density at radius 2 is 2.15 bits per heavy atom. The molecule has 1 unspecified atom stereocenters. The largest absolute Gasteiger partial charge is 0.480 e. The molecule has 1 saturated heterocycles. The summed E-state index contributed by atoms with van der Waals surface area (Å²) in [6, 6.07) is 5.83. The highest BCUT2D eigenvalue weighted by Crippen LogP contribution is 2.23. The van der Waals surface area contributed by atoms with Gasteiger partial charge in [-0.25, -0.2) is 4.39 Å². The summed E-state index contributed by atoms with van der Waals surface area (Å²) >= 11 is 0. The van der Waals surface area contributed by atoms with Crippen LogP contribution in [0.4, 0.5) is 4.39 Å². The maximum Gasteiger partial charge on any atom is 0.317 e. The normalized spacial score (nSPS) is 17.3. The number of nitrogens with zero attached hydrogens (tertiary/aromatic N) is 3. The summed E-state index contributed by atoms with van der Waals surface area (Å²) in [6.07, 6.45) is 1.19. The lowest BCUT2D eigenvalue weighted by molar-refractivity contribution is -0.138. The number of ether oxygens (including phenoxy) is 1. The van der Waals surface area contributed by atoms with Crippen molar-refractivity contribution in [3.8, 4) is 11.3 Å². The third-order valence-corrected chi connectivity index (χ3v) is 4.35. The Balaban J connectivity index is 1.70. The number of hydrogen-bond donors (Lipinski definition) is 2. The Labute approximate surface area is 155 Å². The fourth-order valence-electron chi connectivity index (χ4n) is 3.11. The van der Waals surface area contributed by atoms with E-state index in [-0.39, 0.29) is 24.4 Å².